The highest BCUT2D eigenvalue weighted by atomic mass is 35.5. The molecule has 1 aromatic heterocycles. The molecule has 202 valence electrons. The molecule has 0 saturated carbocycles. The van der Waals surface area contributed by atoms with Crippen molar-refractivity contribution in [3.63, 3.8) is 0 Å². The van der Waals surface area contributed by atoms with Crippen molar-refractivity contribution in [2.45, 2.75) is 19.6 Å². The van der Waals surface area contributed by atoms with Crippen molar-refractivity contribution in [2.24, 2.45) is 0 Å². The predicted molar refractivity (Wildman–Crippen MR) is 154 cm³/mol. The number of piperazine rings is 1. The Balaban J connectivity index is 1.24. The number of rotatable bonds is 9. The van der Waals surface area contributed by atoms with E-state index in [9.17, 15) is 9.18 Å². The van der Waals surface area contributed by atoms with E-state index in [1.165, 1.54) is 23.5 Å². The van der Waals surface area contributed by atoms with E-state index in [2.05, 4.69) is 9.80 Å². The molecule has 0 radical (unpaired) electrons. The molecule has 4 aromatic rings. The van der Waals surface area contributed by atoms with Gasteiger partial charge in [-0.15, -0.1) is 11.3 Å². The van der Waals surface area contributed by atoms with Crippen LogP contribution in [0.15, 0.2) is 78.2 Å². The summed E-state index contributed by atoms with van der Waals surface area (Å²) in [4.78, 5) is 24.3. The standard InChI is InChI=1S/C30H30ClFN4O2S/c1-38-25-12-8-23(9-13-25)19-34(18-22-6-10-24(32)11-7-22)20-29-33-27(21-39-29)30(37)36-16-14-35(15-17-36)28-5-3-2-4-26(28)31/h2-13,21H,14-20H2,1H3. The molecule has 0 bridgehead atoms. The maximum absolute atomic E-state index is 13.5. The van der Waals surface area contributed by atoms with Gasteiger partial charge in [-0.1, -0.05) is 48.0 Å². The second-order valence-electron chi connectivity index (χ2n) is 9.48. The third-order valence-corrected chi connectivity index (χ3v) is 7.93. The van der Waals surface area contributed by atoms with Crippen LogP contribution in [-0.4, -0.2) is 54.0 Å². The van der Waals surface area contributed by atoms with Gasteiger partial charge >= 0.3 is 0 Å². The van der Waals surface area contributed by atoms with Crippen molar-refractivity contribution in [2.75, 3.05) is 38.2 Å². The molecule has 9 heteroatoms. The van der Waals surface area contributed by atoms with E-state index >= 15 is 0 Å². The number of halogens is 2. The van der Waals surface area contributed by atoms with Gasteiger partial charge in [0.15, 0.2) is 0 Å². The molecule has 1 fully saturated rings. The quantitative estimate of drug-likeness (QED) is 0.245. The number of thiazole rings is 1. The summed E-state index contributed by atoms with van der Waals surface area (Å²) in [6, 6.07) is 22.3. The fourth-order valence-corrected chi connectivity index (χ4v) is 5.76. The Morgan fingerprint density at radius 3 is 2.23 bits per heavy atom. The molecule has 6 nitrogen and oxygen atoms in total. The number of aromatic nitrogens is 1. The molecule has 0 N–H and O–H groups in total. The summed E-state index contributed by atoms with van der Waals surface area (Å²) in [5.41, 5.74) is 3.61. The lowest BCUT2D eigenvalue weighted by Crippen LogP contribution is -2.49. The molecular weight excluding hydrogens is 535 g/mol. The van der Waals surface area contributed by atoms with Crippen LogP contribution < -0.4 is 9.64 Å². The van der Waals surface area contributed by atoms with E-state index in [4.69, 9.17) is 21.3 Å². The summed E-state index contributed by atoms with van der Waals surface area (Å²) in [7, 11) is 1.65. The maximum Gasteiger partial charge on any atom is 0.273 e. The molecule has 1 saturated heterocycles. The fourth-order valence-electron chi connectivity index (χ4n) is 4.70. The fraction of sp³-hybridized carbons (Fsp3) is 0.267. The molecule has 1 amide bonds. The molecule has 0 aliphatic carbocycles. The van der Waals surface area contributed by atoms with Crippen LogP contribution in [0.2, 0.25) is 5.02 Å². The van der Waals surface area contributed by atoms with Crippen molar-refractivity contribution < 1.29 is 13.9 Å². The summed E-state index contributed by atoms with van der Waals surface area (Å²) in [5.74, 6) is 0.507. The van der Waals surface area contributed by atoms with Crippen molar-refractivity contribution >= 4 is 34.5 Å². The molecule has 0 unspecified atom stereocenters. The van der Waals surface area contributed by atoms with Crippen molar-refractivity contribution in [3.05, 3.63) is 111 Å². The minimum absolute atomic E-state index is 0.0449. The summed E-state index contributed by atoms with van der Waals surface area (Å²) < 4.78 is 18.8. The summed E-state index contributed by atoms with van der Waals surface area (Å²) in [6.07, 6.45) is 0. The lowest BCUT2D eigenvalue weighted by Gasteiger charge is -2.36. The summed E-state index contributed by atoms with van der Waals surface area (Å²) in [5, 5.41) is 3.44. The third kappa shape index (κ3) is 6.95. The van der Waals surface area contributed by atoms with Crippen molar-refractivity contribution in [1.29, 1.82) is 0 Å². The van der Waals surface area contributed by atoms with Crippen LogP contribution in [0.1, 0.15) is 26.6 Å². The summed E-state index contributed by atoms with van der Waals surface area (Å²) >= 11 is 7.85. The highest BCUT2D eigenvalue weighted by Crippen LogP contribution is 2.26. The van der Waals surface area contributed by atoms with E-state index in [1.807, 2.05) is 58.8 Å². The first kappa shape index (κ1) is 27.1. The number of amides is 1. The number of carbonyl (C=O) groups excluding carboxylic acids is 1. The normalized spacial score (nSPS) is 13.6. The topological polar surface area (TPSA) is 48.9 Å². The number of nitrogens with zero attached hydrogens (tertiary/aromatic N) is 4. The van der Waals surface area contributed by atoms with Gasteiger partial charge in [0.25, 0.3) is 5.91 Å². The first-order valence-corrected chi connectivity index (χ1v) is 14.1. The SMILES string of the molecule is COc1ccc(CN(Cc2ccc(F)cc2)Cc2nc(C(=O)N3CCN(c4ccccc4Cl)CC3)cs2)cc1. The smallest absolute Gasteiger partial charge is 0.273 e. The van der Waals surface area contributed by atoms with E-state index < -0.39 is 0 Å². The second-order valence-corrected chi connectivity index (χ2v) is 10.8. The summed E-state index contributed by atoms with van der Waals surface area (Å²) in [6.45, 7) is 4.55. The lowest BCUT2D eigenvalue weighted by molar-refractivity contribution is 0.0741. The van der Waals surface area contributed by atoms with Gasteiger partial charge in [0.05, 0.1) is 24.4 Å². The number of hydrogen-bond acceptors (Lipinski definition) is 6. The Kier molecular flexibility index (Phi) is 8.76. The molecule has 0 atom stereocenters. The number of ether oxygens (including phenoxy) is 1. The lowest BCUT2D eigenvalue weighted by atomic mass is 10.1. The van der Waals surface area contributed by atoms with Crippen molar-refractivity contribution in [3.8, 4) is 5.75 Å². The van der Waals surface area contributed by atoms with Gasteiger partial charge in [-0.25, -0.2) is 9.37 Å². The van der Waals surface area contributed by atoms with Crippen LogP contribution in [0, 0.1) is 5.82 Å². The monoisotopic (exact) mass is 564 g/mol. The van der Waals surface area contributed by atoms with Crippen LogP contribution in [0.5, 0.6) is 5.75 Å². The molecule has 1 aliphatic rings. The minimum Gasteiger partial charge on any atom is -0.497 e. The molecule has 2 heterocycles. The molecule has 3 aromatic carbocycles. The van der Waals surface area contributed by atoms with Crippen LogP contribution in [0.4, 0.5) is 10.1 Å². The number of benzene rings is 3. The number of para-hydroxylation sites is 1. The minimum atomic E-state index is -0.253. The average molecular weight is 565 g/mol. The van der Waals surface area contributed by atoms with Gasteiger partial charge in [-0.3, -0.25) is 9.69 Å². The average Bonchev–Trinajstić information content (AvgIpc) is 3.43. The van der Waals surface area contributed by atoms with Gasteiger partial charge in [-0.2, -0.15) is 0 Å². The van der Waals surface area contributed by atoms with Crippen LogP contribution in [0.25, 0.3) is 0 Å². The maximum atomic E-state index is 13.5. The predicted octanol–water partition coefficient (Wildman–Crippen LogP) is 6.11. The Morgan fingerprint density at radius 1 is 0.949 bits per heavy atom. The molecule has 1 aliphatic heterocycles. The van der Waals surface area contributed by atoms with Gasteiger partial charge in [0.1, 0.15) is 22.3 Å². The third-order valence-electron chi connectivity index (χ3n) is 6.77. The van der Waals surface area contributed by atoms with Gasteiger partial charge in [0.2, 0.25) is 0 Å². The zero-order chi connectivity index (χ0) is 27.2. The molecule has 39 heavy (non-hydrogen) atoms. The van der Waals surface area contributed by atoms with Gasteiger partial charge < -0.3 is 14.5 Å². The number of carbonyl (C=O) groups is 1. The first-order chi connectivity index (χ1) is 19.0. The number of hydrogen-bond donors (Lipinski definition) is 0. The van der Waals surface area contributed by atoms with Crippen LogP contribution in [-0.2, 0) is 19.6 Å². The van der Waals surface area contributed by atoms with Crippen LogP contribution in [0.3, 0.4) is 0 Å². The highest BCUT2D eigenvalue weighted by molar-refractivity contribution is 7.09. The van der Waals surface area contributed by atoms with E-state index in [0.29, 0.717) is 38.4 Å². The second kappa shape index (κ2) is 12.6. The zero-order valence-corrected chi connectivity index (χ0v) is 23.3. The highest BCUT2D eigenvalue weighted by Gasteiger charge is 2.25. The van der Waals surface area contributed by atoms with Gasteiger partial charge in [0, 0.05) is 44.6 Å². The Bertz CT molecular complexity index is 1390. The largest absolute Gasteiger partial charge is 0.497 e. The number of anilines is 1. The van der Waals surface area contributed by atoms with Crippen molar-refractivity contribution in [1.82, 2.24) is 14.8 Å². The van der Waals surface area contributed by atoms with E-state index in [-0.39, 0.29) is 11.7 Å². The molecule has 0 spiro atoms. The Labute approximate surface area is 237 Å². The first-order valence-electron chi connectivity index (χ1n) is 12.8. The van der Waals surface area contributed by atoms with E-state index in [1.54, 1.807) is 19.2 Å². The molecule has 5 rings (SSSR count). The van der Waals surface area contributed by atoms with Crippen LogP contribution >= 0.6 is 22.9 Å². The molecular formula is C30H30ClFN4O2S. The number of methoxy groups -OCH3 is 1. The Morgan fingerprint density at radius 2 is 1.59 bits per heavy atom. The Hall–Kier alpha value is -3.46. The van der Waals surface area contributed by atoms with Gasteiger partial charge in [-0.05, 0) is 47.5 Å². The van der Waals surface area contributed by atoms with E-state index in [0.717, 1.165) is 45.7 Å². The zero-order valence-electron chi connectivity index (χ0n) is 21.7.